The topological polar surface area (TPSA) is 336 Å². The van der Waals surface area contributed by atoms with Crippen molar-refractivity contribution in [1.29, 1.82) is 0 Å². The summed E-state index contributed by atoms with van der Waals surface area (Å²) < 4.78 is 55.3. The summed E-state index contributed by atoms with van der Waals surface area (Å²) in [6.45, 7) is 2.30. The van der Waals surface area contributed by atoms with Gasteiger partial charge < -0.3 is 40.8 Å². The van der Waals surface area contributed by atoms with Gasteiger partial charge in [0.1, 0.15) is 5.76 Å². The van der Waals surface area contributed by atoms with E-state index >= 15 is 0 Å². The van der Waals surface area contributed by atoms with Gasteiger partial charge in [-0.2, -0.15) is 15.3 Å². The van der Waals surface area contributed by atoms with Gasteiger partial charge in [0, 0.05) is 22.8 Å². The monoisotopic (exact) mass is 1000 g/mol. The van der Waals surface area contributed by atoms with E-state index in [1.807, 2.05) is 0 Å². The van der Waals surface area contributed by atoms with Crippen molar-refractivity contribution in [3.63, 3.8) is 0 Å². The molecule has 350 valence electrons. The average molecular weight is 1000 g/mol. The fourth-order valence-corrected chi connectivity index (χ4v) is 7.47. The Bertz CT molecular complexity index is 3150. The number of aliphatic hydroxyl groups excluding tert-OH is 1. The van der Waals surface area contributed by atoms with Gasteiger partial charge in [0.25, 0.3) is 26.0 Å². The summed E-state index contributed by atoms with van der Waals surface area (Å²) >= 11 is 0. The van der Waals surface area contributed by atoms with Crippen molar-refractivity contribution in [3.05, 3.63) is 180 Å². The van der Waals surface area contributed by atoms with Gasteiger partial charge in [0.15, 0.2) is 5.70 Å². The van der Waals surface area contributed by atoms with Crippen molar-refractivity contribution in [3.8, 4) is 11.5 Å². The summed E-state index contributed by atoms with van der Waals surface area (Å²) in [4.78, 5) is 26.8. The van der Waals surface area contributed by atoms with Crippen LogP contribution in [0.3, 0.4) is 0 Å². The van der Waals surface area contributed by atoms with Crippen LogP contribution in [0.2, 0.25) is 0 Å². The second-order valence-electron chi connectivity index (χ2n) is 13.5. The zero-order chi connectivity index (χ0) is 48.7. The first-order valence-electron chi connectivity index (χ1n) is 19.2. The number of allylic oxidation sites excluding steroid dienone is 2. The molecular formula is C45H35CoN8O12S2-2. The first-order valence-corrected chi connectivity index (χ1v) is 22.1. The van der Waals surface area contributed by atoms with Crippen LogP contribution in [0.1, 0.15) is 24.2 Å². The Morgan fingerprint density at radius 1 is 0.574 bits per heavy atom. The Hall–Kier alpha value is -8.38. The molecule has 0 aliphatic carbocycles. The Kier molecular flexibility index (Phi) is 18.2. The predicted octanol–water partition coefficient (Wildman–Crippen LogP) is 4.76. The number of carboxylic acid groups (broad SMARTS) is 1. The Labute approximate surface area is 399 Å². The van der Waals surface area contributed by atoms with Crippen LogP contribution in [0.5, 0.6) is 11.5 Å². The van der Waals surface area contributed by atoms with Crippen molar-refractivity contribution in [1.82, 2.24) is 0 Å². The zero-order valence-corrected chi connectivity index (χ0v) is 37.9. The van der Waals surface area contributed by atoms with Gasteiger partial charge >= 0.3 is 16.8 Å². The molecule has 0 aliphatic rings. The molecule has 0 atom stereocenters. The van der Waals surface area contributed by atoms with Crippen molar-refractivity contribution in [2.75, 3.05) is 14.8 Å². The number of carbonyl (C=O) groups excluding carboxylic acids is 2. The molecular weight excluding hydrogens is 968 g/mol. The molecule has 0 radical (unpaired) electrons. The largest absolute Gasteiger partial charge is 3.00 e. The molecule has 0 saturated carbocycles. The summed E-state index contributed by atoms with van der Waals surface area (Å²) in [6, 6.07) is 35.9. The molecule has 1 amide bonds. The minimum Gasteiger partial charge on any atom is -0.874 e. The third kappa shape index (κ3) is 14.6. The van der Waals surface area contributed by atoms with Gasteiger partial charge in [0.2, 0.25) is 0 Å². The number of nitrogens with zero attached hydrogens (tertiary/aromatic N) is 5. The van der Waals surface area contributed by atoms with E-state index in [-0.39, 0.29) is 38.7 Å². The maximum atomic E-state index is 12.8. The fourth-order valence-electron chi connectivity index (χ4n) is 5.30. The van der Waals surface area contributed by atoms with Gasteiger partial charge in [0.05, 0.1) is 44.2 Å². The number of sulfonamides is 2. The molecule has 0 spiro atoms. The number of carboxylic acids is 1. The van der Waals surface area contributed by atoms with Crippen molar-refractivity contribution >= 4 is 71.9 Å². The van der Waals surface area contributed by atoms with Crippen LogP contribution in [0, 0.1) is 0 Å². The standard InChI is InChI=1S/C23H20N4O7S.C22H20N4O5S.Co/c1-14(28)21(22(30)24-15-7-3-2-4-8-15)26-25-19-13-16(11-12-20(19)29)35(33,34)27-18-10-6-5-9-17(18)23(31)32;1-15(27)21(22(29)23-16-8-4-2-5-9-16)25-24-19-14-18(12-13-20(19)28)32(30,31)26-17-10-6-3-7-11-17;/h2-13,27-29H,1H3,(H,24,30)(H,31,32);2-14,26-28H,1H3,(H,23,29);/q;;+3/p-5/b21-14-,26-25?;21-15-,25-24?;. The van der Waals surface area contributed by atoms with Gasteiger partial charge in [-0.3, -0.25) is 19.2 Å². The molecule has 0 unspecified atom stereocenters. The van der Waals surface area contributed by atoms with Crippen molar-refractivity contribution in [2.24, 2.45) is 25.4 Å². The van der Waals surface area contributed by atoms with Gasteiger partial charge in [-0.05, 0) is 73.7 Å². The fraction of sp³-hybridized carbons (Fsp3) is 0.0444. The summed E-state index contributed by atoms with van der Waals surface area (Å²) in [6.07, 6.45) is 0. The normalized spacial score (nSPS) is 12.4. The second kappa shape index (κ2) is 23.7. The first-order chi connectivity index (χ1) is 31.8. The van der Waals surface area contributed by atoms with Crippen LogP contribution in [-0.2, 0) is 41.6 Å². The average Bonchev–Trinajstić information content (AvgIpc) is 3.28. The van der Waals surface area contributed by atoms with Crippen LogP contribution >= 0.6 is 0 Å². The number of aliphatic imine (C=N–C) groups is 1. The number of anilines is 3. The van der Waals surface area contributed by atoms with Crippen LogP contribution < -0.4 is 40.3 Å². The molecule has 0 heterocycles. The first kappa shape index (κ1) is 52.2. The molecule has 4 N–H and O–H groups in total. The molecule has 0 bridgehead atoms. The van der Waals surface area contributed by atoms with Gasteiger partial charge in [-0.25, -0.2) is 16.8 Å². The van der Waals surface area contributed by atoms with E-state index in [1.54, 1.807) is 78.9 Å². The van der Waals surface area contributed by atoms with E-state index in [1.165, 1.54) is 37.3 Å². The Balaban J connectivity index is 0.000000293. The number of aliphatic hydroxyl groups is 1. The quantitative estimate of drug-likeness (QED) is 0.0356. The summed E-state index contributed by atoms with van der Waals surface area (Å²) in [5, 5.41) is 86.7. The third-order valence-electron chi connectivity index (χ3n) is 8.53. The minimum atomic E-state index is -4.36. The van der Waals surface area contributed by atoms with Crippen molar-refractivity contribution in [2.45, 2.75) is 23.6 Å². The molecule has 20 nitrogen and oxygen atoms in total. The second-order valence-corrected chi connectivity index (χ2v) is 16.8. The summed E-state index contributed by atoms with van der Waals surface area (Å²) in [5.74, 6) is -5.87. The number of carbonyl (C=O) groups is 2. The number of aromatic carboxylic acids is 1. The molecule has 0 aromatic heterocycles. The molecule has 6 rings (SSSR count). The van der Waals surface area contributed by atoms with Crippen LogP contribution in [0.15, 0.2) is 210 Å². The van der Waals surface area contributed by atoms with Crippen LogP contribution in [0.4, 0.5) is 34.1 Å². The number of rotatable bonds is 15. The van der Waals surface area contributed by atoms with Gasteiger partial charge in [-0.1, -0.05) is 103 Å². The molecule has 6 aromatic rings. The van der Waals surface area contributed by atoms with E-state index in [0.717, 1.165) is 49.4 Å². The predicted molar refractivity (Wildman–Crippen MR) is 236 cm³/mol. The molecule has 0 saturated heterocycles. The number of hydrogen-bond acceptors (Lipinski definition) is 17. The summed E-state index contributed by atoms with van der Waals surface area (Å²) in [5.41, 5.74) is -1.44. The smallest absolute Gasteiger partial charge is 0.874 e. The van der Waals surface area contributed by atoms with Crippen LogP contribution in [-0.4, -0.2) is 39.7 Å². The van der Waals surface area contributed by atoms with E-state index in [9.17, 15) is 57.1 Å². The van der Waals surface area contributed by atoms with E-state index in [2.05, 4.69) is 40.2 Å². The number of hydrogen-bond donors (Lipinski definition) is 4. The Morgan fingerprint density at radius 2 is 1.03 bits per heavy atom. The number of azo groups is 2. The van der Waals surface area contributed by atoms with Gasteiger partial charge in [-0.15, -0.1) is 10.9 Å². The SMILES string of the molecule is C/C(O)=C(/N=Nc1cc(S(=O)(=O)Nc2ccccc2)ccc1[O-])C(=O)Nc1ccccc1.C/C([O-])=C(/N=Nc1cc(S(=O)(=O)Nc2ccccc2C(=O)[O-])ccc1[O-])C([O-])=Nc1ccccc1.[Co+3]. The molecule has 6 aromatic carbocycles. The maximum Gasteiger partial charge on any atom is 3.00 e. The molecule has 0 aliphatic heterocycles. The number of amides is 1. The third-order valence-corrected chi connectivity index (χ3v) is 11.3. The van der Waals surface area contributed by atoms with E-state index in [4.69, 9.17) is 0 Å². The number of nitrogens with one attached hydrogen (secondary N) is 3. The molecule has 0 fully saturated rings. The van der Waals surface area contributed by atoms with E-state index < -0.39 is 88.4 Å². The van der Waals surface area contributed by atoms with E-state index in [0.29, 0.717) is 11.4 Å². The summed E-state index contributed by atoms with van der Waals surface area (Å²) in [7, 11) is -8.36. The number of benzene rings is 6. The minimum absolute atomic E-state index is 0. The maximum absolute atomic E-state index is 12.8. The molecule has 23 heteroatoms. The van der Waals surface area contributed by atoms with Crippen molar-refractivity contribution < 1.29 is 73.8 Å². The zero-order valence-electron chi connectivity index (χ0n) is 35.3. The molecule has 68 heavy (non-hydrogen) atoms. The van der Waals surface area contributed by atoms with Crippen LogP contribution in [0.25, 0.3) is 0 Å². The number of para-hydroxylation sites is 4. The Morgan fingerprint density at radius 3 is 1.53 bits per heavy atom.